The van der Waals surface area contributed by atoms with Crippen LogP contribution in [-0.2, 0) is 16.0 Å². The molecule has 7 heteroatoms. The van der Waals surface area contributed by atoms with Gasteiger partial charge in [0.05, 0.1) is 6.54 Å². The Hall–Kier alpha value is -3.06. The number of nitrogens with one attached hydrogen (secondary N) is 1. The number of ether oxygens (including phenoxy) is 2. The largest absolute Gasteiger partial charge is 0.492 e. The van der Waals surface area contributed by atoms with E-state index in [1.165, 1.54) is 0 Å². The minimum absolute atomic E-state index is 0.128. The van der Waals surface area contributed by atoms with Crippen LogP contribution in [0.15, 0.2) is 48.5 Å². The summed E-state index contributed by atoms with van der Waals surface area (Å²) in [5, 5.41) is 12.2. The molecule has 1 atom stereocenters. The monoisotopic (exact) mass is 470 g/mol. The molecule has 0 aromatic heterocycles. The minimum Gasteiger partial charge on any atom is -0.492 e. The molecule has 0 saturated carbocycles. The zero-order valence-electron chi connectivity index (χ0n) is 20.6. The van der Waals surface area contributed by atoms with E-state index in [0.29, 0.717) is 38.5 Å². The van der Waals surface area contributed by atoms with Gasteiger partial charge < -0.3 is 24.8 Å². The molecule has 2 amide bonds. The summed E-state index contributed by atoms with van der Waals surface area (Å²) in [6.07, 6.45) is 3.79. The molecule has 0 heterocycles. The van der Waals surface area contributed by atoms with Gasteiger partial charge >= 0.3 is 12.0 Å². The zero-order chi connectivity index (χ0) is 24.8. The number of anilines is 1. The topological polar surface area (TPSA) is 88.1 Å². The summed E-state index contributed by atoms with van der Waals surface area (Å²) < 4.78 is 11.1. The second kappa shape index (κ2) is 15.0. The van der Waals surface area contributed by atoms with Crippen LogP contribution in [0.1, 0.15) is 50.7 Å². The Kier molecular flexibility index (Phi) is 12.0. The molecule has 2 aromatic rings. The van der Waals surface area contributed by atoms with Crippen molar-refractivity contribution in [2.24, 2.45) is 0 Å². The van der Waals surface area contributed by atoms with Crippen LogP contribution in [0.5, 0.6) is 5.75 Å². The maximum absolute atomic E-state index is 12.9. The molecule has 2 aromatic carbocycles. The molecular formula is C27H38N2O5. The Morgan fingerprint density at radius 2 is 1.79 bits per heavy atom. The number of rotatable bonds is 15. The highest BCUT2D eigenvalue weighted by Crippen LogP contribution is 2.15. The number of carboxylic acid groups (broad SMARTS) is 1. The molecule has 0 bridgehead atoms. The maximum Gasteiger partial charge on any atom is 0.333 e. The van der Waals surface area contributed by atoms with Crippen LogP contribution in [0.3, 0.4) is 0 Å². The molecule has 0 aliphatic rings. The molecule has 0 aliphatic heterocycles. The fraction of sp³-hybridized carbons (Fsp3) is 0.481. The molecule has 1 unspecified atom stereocenters. The normalized spacial score (nSPS) is 11.6. The van der Waals surface area contributed by atoms with E-state index < -0.39 is 12.1 Å². The molecule has 0 saturated heterocycles. The highest BCUT2D eigenvalue weighted by atomic mass is 16.5. The van der Waals surface area contributed by atoms with Crippen LogP contribution in [0, 0.1) is 6.92 Å². The predicted molar refractivity (Wildman–Crippen MR) is 135 cm³/mol. The first-order valence-corrected chi connectivity index (χ1v) is 12.1. The average Bonchev–Trinajstić information content (AvgIpc) is 2.81. The summed E-state index contributed by atoms with van der Waals surface area (Å²) in [5.74, 6) is -0.290. The van der Waals surface area contributed by atoms with Gasteiger partial charge in [-0.25, -0.2) is 9.59 Å². The van der Waals surface area contributed by atoms with E-state index >= 15 is 0 Å². The van der Waals surface area contributed by atoms with E-state index in [1.54, 1.807) is 11.8 Å². The van der Waals surface area contributed by atoms with Crippen molar-refractivity contribution in [1.29, 1.82) is 0 Å². The summed E-state index contributed by atoms with van der Waals surface area (Å²) in [5.41, 5.74) is 2.74. The summed E-state index contributed by atoms with van der Waals surface area (Å²) in [6, 6.07) is 15.0. The van der Waals surface area contributed by atoms with Crippen molar-refractivity contribution >= 4 is 17.7 Å². The third kappa shape index (κ3) is 9.83. The van der Waals surface area contributed by atoms with Crippen molar-refractivity contribution in [1.82, 2.24) is 4.90 Å². The molecule has 0 radical (unpaired) electrons. The Morgan fingerprint density at radius 1 is 1.03 bits per heavy atom. The number of unbranched alkanes of at least 4 members (excludes halogenated alkanes) is 3. The summed E-state index contributed by atoms with van der Waals surface area (Å²) in [6.45, 7) is 7.80. The maximum atomic E-state index is 12.9. The van der Waals surface area contributed by atoms with E-state index in [4.69, 9.17) is 9.47 Å². The van der Waals surface area contributed by atoms with Gasteiger partial charge in [-0.1, -0.05) is 50.5 Å². The SMILES string of the molecule is CCCCCCN(CCOc1ccc(CC(OCC)C(=O)O)cc1)C(=O)Nc1cccc(C)c1. The summed E-state index contributed by atoms with van der Waals surface area (Å²) in [7, 11) is 0. The molecule has 2 rings (SSSR count). The smallest absolute Gasteiger partial charge is 0.333 e. The first-order valence-electron chi connectivity index (χ1n) is 12.1. The van der Waals surface area contributed by atoms with E-state index in [9.17, 15) is 14.7 Å². The van der Waals surface area contributed by atoms with Gasteiger partial charge in [0.2, 0.25) is 0 Å². The predicted octanol–water partition coefficient (Wildman–Crippen LogP) is 5.52. The van der Waals surface area contributed by atoms with Crippen molar-refractivity contribution in [3.63, 3.8) is 0 Å². The number of nitrogens with zero attached hydrogens (tertiary/aromatic N) is 1. The van der Waals surface area contributed by atoms with Crippen LogP contribution in [0.4, 0.5) is 10.5 Å². The number of carbonyl (C=O) groups excluding carboxylic acids is 1. The number of benzene rings is 2. The van der Waals surface area contributed by atoms with E-state index in [0.717, 1.165) is 42.5 Å². The number of carbonyl (C=O) groups is 2. The fourth-order valence-electron chi connectivity index (χ4n) is 3.60. The van der Waals surface area contributed by atoms with Crippen molar-refractivity contribution in [2.45, 2.75) is 59.0 Å². The van der Waals surface area contributed by atoms with E-state index in [2.05, 4.69) is 12.2 Å². The second-order valence-electron chi connectivity index (χ2n) is 8.33. The van der Waals surface area contributed by atoms with Crippen LogP contribution in [0.2, 0.25) is 0 Å². The van der Waals surface area contributed by atoms with Gasteiger partial charge in [0.15, 0.2) is 6.10 Å². The lowest BCUT2D eigenvalue weighted by Crippen LogP contribution is -2.38. The molecule has 0 fully saturated rings. The van der Waals surface area contributed by atoms with Crippen LogP contribution in [0.25, 0.3) is 0 Å². The fourth-order valence-corrected chi connectivity index (χ4v) is 3.60. The van der Waals surface area contributed by atoms with Crippen LogP contribution < -0.4 is 10.1 Å². The number of hydrogen-bond acceptors (Lipinski definition) is 4. The zero-order valence-corrected chi connectivity index (χ0v) is 20.6. The van der Waals surface area contributed by atoms with Crippen molar-refractivity contribution in [3.05, 3.63) is 59.7 Å². The van der Waals surface area contributed by atoms with Gasteiger partial charge in [-0.15, -0.1) is 0 Å². The third-order valence-electron chi connectivity index (χ3n) is 5.46. The van der Waals surface area contributed by atoms with Crippen molar-refractivity contribution < 1.29 is 24.2 Å². The number of hydrogen-bond donors (Lipinski definition) is 2. The molecule has 7 nitrogen and oxygen atoms in total. The van der Waals surface area contributed by atoms with E-state index in [-0.39, 0.29) is 6.03 Å². The van der Waals surface area contributed by atoms with Crippen LogP contribution in [-0.4, -0.2) is 54.4 Å². The third-order valence-corrected chi connectivity index (χ3v) is 5.46. The Labute approximate surface area is 203 Å². The first-order chi connectivity index (χ1) is 16.4. The Bertz CT molecular complexity index is 885. The van der Waals surface area contributed by atoms with Crippen molar-refractivity contribution in [3.8, 4) is 5.75 Å². The van der Waals surface area contributed by atoms with E-state index in [1.807, 2.05) is 55.5 Å². The van der Waals surface area contributed by atoms with Crippen molar-refractivity contribution in [2.75, 3.05) is 31.6 Å². The summed E-state index contributed by atoms with van der Waals surface area (Å²) in [4.78, 5) is 26.0. The molecular weight excluding hydrogens is 432 g/mol. The van der Waals surface area contributed by atoms with Gasteiger partial charge in [-0.3, -0.25) is 0 Å². The highest BCUT2D eigenvalue weighted by molar-refractivity contribution is 5.89. The molecule has 186 valence electrons. The standard InChI is InChI=1S/C27H38N2O5/c1-4-6-7-8-16-29(27(32)28-23-11-9-10-21(3)19-23)17-18-34-24-14-12-22(13-15-24)20-25(26(30)31)33-5-2/h9-15,19,25H,4-8,16-18,20H2,1-3H3,(H,28,32)(H,30,31). The number of carboxylic acids is 1. The average molecular weight is 471 g/mol. The van der Waals surface area contributed by atoms with Gasteiger partial charge in [0.1, 0.15) is 12.4 Å². The van der Waals surface area contributed by atoms with Crippen LogP contribution >= 0.6 is 0 Å². The molecule has 0 spiro atoms. The summed E-state index contributed by atoms with van der Waals surface area (Å²) >= 11 is 0. The lowest BCUT2D eigenvalue weighted by Gasteiger charge is -2.23. The lowest BCUT2D eigenvalue weighted by molar-refractivity contribution is -0.149. The second-order valence-corrected chi connectivity index (χ2v) is 8.33. The first kappa shape index (κ1) is 27.2. The number of urea groups is 1. The quantitative estimate of drug-likeness (QED) is 0.335. The van der Waals surface area contributed by atoms with Gasteiger partial charge in [0, 0.05) is 25.3 Å². The lowest BCUT2D eigenvalue weighted by atomic mass is 10.1. The number of amides is 2. The molecule has 2 N–H and O–H groups in total. The minimum atomic E-state index is -0.967. The van der Waals surface area contributed by atoms with Gasteiger partial charge in [0.25, 0.3) is 0 Å². The molecule has 0 aliphatic carbocycles. The van der Waals surface area contributed by atoms with Gasteiger partial charge in [-0.2, -0.15) is 0 Å². The Balaban J connectivity index is 1.90. The highest BCUT2D eigenvalue weighted by Gasteiger charge is 2.18. The number of aryl methyl sites for hydroxylation is 1. The van der Waals surface area contributed by atoms with Gasteiger partial charge in [-0.05, 0) is 55.7 Å². The molecule has 34 heavy (non-hydrogen) atoms. The Morgan fingerprint density at radius 3 is 2.44 bits per heavy atom. The number of aliphatic carboxylic acids is 1.